The molecule has 0 aliphatic carbocycles. The monoisotopic (exact) mass is 212 g/mol. The van der Waals surface area contributed by atoms with E-state index in [2.05, 4.69) is 51.8 Å². The lowest BCUT2D eigenvalue weighted by Crippen LogP contribution is -2.55. The maximum atomic E-state index is 3.77. The minimum absolute atomic E-state index is 0.246. The van der Waals surface area contributed by atoms with E-state index in [4.69, 9.17) is 0 Å². The van der Waals surface area contributed by atoms with Crippen molar-refractivity contribution in [2.24, 2.45) is 0 Å². The average Bonchev–Trinajstić information content (AvgIpc) is 2.23. The van der Waals surface area contributed by atoms with Crippen molar-refractivity contribution in [3.8, 4) is 0 Å². The van der Waals surface area contributed by atoms with E-state index in [9.17, 15) is 0 Å². The van der Waals surface area contributed by atoms with Gasteiger partial charge in [-0.3, -0.25) is 0 Å². The second-order valence-electron chi connectivity index (χ2n) is 4.67. The van der Waals surface area contributed by atoms with E-state index in [1.54, 1.807) is 0 Å². The van der Waals surface area contributed by atoms with Crippen LogP contribution in [0.4, 0.5) is 0 Å². The summed E-state index contributed by atoms with van der Waals surface area (Å²) in [5.74, 6) is 0. The molecule has 15 heavy (non-hydrogen) atoms. The summed E-state index contributed by atoms with van der Waals surface area (Å²) >= 11 is 0. The molecule has 0 aromatic heterocycles. The van der Waals surface area contributed by atoms with Crippen molar-refractivity contribution >= 4 is 0 Å². The van der Waals surface area contributed by atoms with E-state index >= 15 is 0 Å². The normalized spacial score (nSPS) is 17.5. The Kier molecular flexibility index (Phi) is 6.86. The third-order valence-electron chi connectivity index (χ3n) is 3.74. The third kappa shape index (κ3) is 3.96. The molecule has 0 aromatic rings. The summed E-state index contributed by atoms with van der Waals surface area (Å²) in [7, 11) is 6.40. The summed E-state index contributed by atoms with van der Waals surface area (Å²) in [6.45, 7) is 8.37. The van der Waals surface area contributed by atoms with Gasteiger partial charge in [0.1, 0.15) is 0 Å². The van der Waals surface area contributed by atoms with Crippen molar-refractivity contribution in [1.29, 1.82) is 0 Å². The Morgan fingerprint density at radius 2 is 2.07 bits per heavy atom. The summed E-state index contributed by atoms with van der Waals surface area (Å²) < 4.78 is 0. The van der Waals surface area contributed by atoms with Gasteiger partial charge in [-0.2, -0.15) is 0 Å². The fourth-order valence-corrected chi connectivity index (χ4v) is 2.11. The molecule has 0 radical (unpaired) electrons. The first-order valence-electron chi connectivity index (χ1n) is 5.98. The minimum atomic E-state index is 0.246. The number of nitrogens with one attached hydrogen (secondary N) is 1. The van der Waals surface area contributed by atoms with Crippen LogP contribution in [0.15, 0.2) is 12.7 Å². The molecule has 0 saturated heterocycles. The third-order valence-corrected chi connectivity index (χ3v) is 3.74. The average molecular weight is 212 g/mol. The molecule has 0 aromatic carbocycles. The first-order chi connectivity index (χ1) is 7.02. The summed E-state index contributed by atoms with van der Waals surface area (Å²) in [5, 5.41) is 3.46. The lowest BCUT2D eigenvalue weighted by atomic mass is 9.85. The van der Waals surface area contributed by atoms with Crippen molar-refractivity contribution < 1.29 is 0 Å². The molecule has 2 nitrogen and oxygen atoms in total. The lowest BCUT2D eigenvalue weighted by Gasteiger charge is -2.42. The zero-order valence-corrected chi connectivity index (χ0v) is 11.1. The van der Waals surface area contributed by atoms with Crippen LogP contribution in [0.5, 0.6) is 0 Å². The van der Waals surface area contributed by atoms with Gasteiger partial charge in [-0.15, -0.1) is 6.58 Å². The molecule has 1 N–H and O–H groups in total. The fourth-order valence-electron chi connectivity index (χ4n) is 2.11. The number of hydrogen-bond donors (Lipinski definition) is 1. The van der Waals surface area contributed by atoms with E-state index in [1.807, 2.05) is 6.08 Å². The van der Waals surface area contributed by atoms with Crippen molar-refractivity contribution in [2.75, 3.05) is 21.1 Å². The van der Waals surface area contributed by atoms with Crippen LogP contribution in [0.2, 0.25) is 0 Å². The molecule has 0 bridgehead atoms. The van der Waals surface area contributed by atoms with Gasteiger partial charge in [0.15, 0.2) is 0 Å². The highest BCUT2D eigenvalue weighted by molar-refractivity contribution is 4.93. The Hall–Kier alpha value is -0.340. The van der Waals surface area contributed by atoms with Crippen molar-refractivity contribution in [1.82, 2.24) is 10.2 Å². The van der Waals surface area contributed by atoms with Crippen LogP contribution in [-0.4, -0.2) is 37.6 Å². The number of allylic oxidation sites excluding steroid dienone is 1. The highest BCUT2D eigenvalue weighted by atomic mass is 15.2. The zero-order chi connectivity index (χ0) is 11.9. The van der Waals surface area contributed by atoms with E-state index in [-0.39, 0.29) is 5.54 Å². The van der Waals surface area contributed by atoms with E-state index in [0.717, 1.165) is 6.42 Å². The van der Waals surface area contributed by atoms with Crippen LogP contribution in [-0.2, 0) is 0 Å². The van der Waals surface area contributed by atoms with E-state index in [1.165, 1.54) is 19.3 Å². The van der Waals surface area contributed by atoms with Crippen molar-refractivity contribution in [3.05, 3.63) is 12.7 Å². The van der Waals surface area contributed by atoms with Crippen LogP contribution < -0.4 is 5.32 Å². The van der Waals surface area contributed by atoms with E-state index in [0.29, 0.717) is 6.04 Å². The Balaban J connectivity index is 4.39. The Bertz CT molecular complexity index is 177. The Labute approximate surface area is 95.7 Å². The summed E-state index contributed by atoms with van der Waals surface area (Å²) in [5.41, 5.74) is 0.246. The highest BCUT2D eigenvalue weighted by Gasteiger charge is 2.32. The fraction of sp³-hybridized carbons (Fsp3) is 0.846. The van der Waals surface area contributed by atoms with Gasteiger partial charge in [0.05, 0.1) is 0 Å². The van der Waals surface area contributed by atoms with Crippen LogP contribution >= 0.6 is 0 Å². The SMILES string of the molecule is C=CCCCC(NC)C(C)(CC)N(C)C. The van der Waals surface area contributed by atoms with Crippen LogP contribution in [0.1, 0.15) is 39.5 Å². The largest absolute Gasteiger partial charge is 0.315 e. The molecule has 0 aliphatic heterocycles. The number of unbranched alkanes of at least 4 members (excludes halogenated alkanes) is 1. The van der Waals surface area contributed by atoms with Gasteiger partial charge in [0.25, 0.3) is 0 Å². The van der Waals surface area contributed by atoms with E-state index < -0.39 is 0 Å². The van der Waals surface area contributed by atoms with Gasteiger partial charge in [0, 0.05) is 11.6 Å². The molecule has 0 spiro atoms. The molecule has 0 heterocycles. The van der Waals surface area contributed by atoms with Crippen LogP contribution in [0, 0.1) is 0 Å². The molecule has 2 atom stereocenters. The van der Waals surface area contributed by atoms with Crippen molar-refractivity contribution in [2.45, 2.75) is 51.1 Å². The quantitative estimate of drug-likeness (QED) is 0.491. The maximum absolute atomic E-state index is 3.77. The van der Waals surface area contributed by atoms with Gasteiger partial charge in [-0.1, -0.05) is 13.0 Å². The molecule has 2 unspecified atom stereocenters. The summed E-state index contributed by atoms with van der Waals surface area (Å²) in [4.78, 5) is 2.34. The predicted molar refractivity (Wildman–Crippen MR) is 69.3 cm³/mol. The molecule has 2 heteroatoms. The number of likely N-dealkylation sites (N-methyl/N-ethyl adjacent to an activating group) is 2. The summed E-state index contributed by atoms with van der Waals surface area (Å²) in [6, 6.07) is 0.553. The van der Waals surface area contributed by atoms with Crippen LogP contribution in [0.3, 0.4) is 0 Å². The molecule has 0 amide bonds. The van der Waals surface area contributed by atoms with Gasteiger partial charge in [0.2, 0.25) is 0 Å². The Morgan fingerprint density at radius 3 is 2.40 bits per heavy atom. The molecular formula is C13H28N2. The van der Waals surface area contributed by atoms with Gasteiger partial charge >= 0.3 is 0 Å². The van der Waals surface area contributed by atoms with Gasteiger partial charge in [-0.25, -0.2) is 0 Å². The molecule has 90 valence electrons. The molecule has 0 fully saturated rings. The lowest BCUT2D eigenvalue weighted by molar-refractivity contribution is 0.111. The topological polar surface area (TPSA) is 15.3 Å². The number of hydrogen-bond acceptors (Lipinski definition) is 2. The Morgan fingerprint density at radius 1 is 1.47 bits per heavy atom. The second-order valence-corrected chi connectivity index (χ2v) is 4.67. The van der Waals surface area contributed by atoms with Crippen molar-refractivity contribution in [3.63, 3.8) is 0 Å². The molecular weight excluding hydrogens is 184 g/mol. The van der Waals surface area contributed by atoms with Gasteiger partial charge < -0.3 is 10.2 Å². The number of rotatable bonds is 8. The first kappa shape index (κ1) is 14.7. The first-order valence-corrected chi connectivity index (χ1v) is 5.98. The number of nitrogens with zero attached hydrogens (tertiary/aromatic N) is 1. The predicted octanol–water partition coefficient (Wildman–Crippen LogP) is 2.66. The standard InChI is InChI=1S/C13H28N2/c1-7-9-10-11-12(14-4)13(3,8-2)15(5)6/h7,12,14H,1,8-11H2,2-6H3. The summed E-state index contributed by atoms with van der Waals surface area (Å²) in [6.07, 6.45) is 6.72. The van der Waals surface area contributed by atoms with Gasteiger partial charge in [-0.05, 0) is 53.8 Å². The molecule has 0 saturated carbocycles. The molecule has 0 aliphatic rings. The second kappa shape index (κ2) is 7.02. The highest BCUT2D eigenvalue weighted by Crippen LogP contribution is 2.24. The minimum Gasteiger partial charge on any atom is -0.315 e. The zero-order valence-electron chi connectivity index (χ0n) is 11.1. The van der Waals surface area contributed by atoms with Crippen LogP contribution in [0.25, 0.3) is 0 Å². The molecule has 0 rings (SSSR count). The smallest absolute Gasteiger partial charge is 0.0325 e. The maximum Gasteiger partial charge on any atom is 0.0325 e.